The van der Waals surface area contributed by atoms with Gasteiger partial charge in [-0.15, -0.1) is 0 Å². The van der Waals surface area contributed by atoms with E-state index in [1.54, 1.807) is 24.3 Å². The average molecular weight is 237 g/mol. The molecule has 5 nitrogen and oxygen atoms in total. The van der Waals surface area contributed by atoms with Crippen molar-refractivity contribution in [1.29, 1.82) is 0 Å². The fourth-order valence-corrected chi connectivity index (χ4v) is 1.58. The van der Waals surface area contributed by atoms with Crippen molar-refractivity contribution >= 4 is 11.9 Å². The Bertz CT molecular complexity index is 417. The molecule has 0 aliphatic carbocycles. The van der Waals surface area contributed by atoms with Crippen LogP contribution in [0.2, 0.25) is 0 Å². The summed E-state index contributed by atoms with van der Waals surface area (Å²) in [7, 11) is 1.53. The van der Waals surface area contributed by atoms with Crippen LogP contribution < -0.4 is 5.32 Å². The number of methoxy groups -OCH3 is 1. The highest BCUT2D eigenvalue weighted by Crippen LogP contribution is 2.19. The summed E-state index contributed by atoms with van der Waals surface area (Å²) in [6, 6.07) is 5.93. The second kappa shape index (κ2) is 6.00. The van der Waals surface area contributed by atoms with E-state index >= 15 is 0 Å². The minimum absolute atomic E-state index is 0.305. The van der Waals surface area contributed by atoms with E-state index in [0.717, 1.165) is 5.56 Å². The SMILES string of the molecule is COCc1ccccc1C(NC(C)=O)C(=O)O. The van der Waals surface area contributed by atoms with Crippen LogP contribution in [0.15, 0.2) is 24.3 Å². The van der Waals surface area contributed by atoms with E-state index in [1.807, 2.05) is 0 Å². The molecule has 1 aromatic rings. The molecule has 0 saturated carbocycles. The highest BCUT2D eigenvalue weighted by molar-refractivity contribution is 5.83. The van der Waals surface area contributed by atoms with Gasteiger partial charge in [-0.25, -0.2) is 4.79 Å². The molecule has 0 fully saturated rings. The van der Waals surface area contributed by atoms with Gasteiger partial charge in [0.15, 0.2) is 6.04 Å². The smallest absolute Gasteiger partial charge is 0.330 e. The highest BCUT2D eigenvalue weighted by Gasteiger charge is 2.22. The standard InChI is InChI=1S/C12H15NO4/c1-8(14)13-11(12(15)16)10-6-4-3-5-9(10)7-17-2/h3-6,11H,7H2,1-2H3,(H,13,14)(H,15,16). The van der Waals surface area contributed by atoms with E-state index < -0.39 is 12.0 Å². The van der Waals surface area contributed by atoms with Crippen molar-refractivity contribution in [2.45, 2.75) is 19.6 Å². The second-order valence-corrected chi connectivity index (χ2v) is 3.60. The summed E-state index contributed by atoms with van der Waals surface area (Å²) in [5, 5.41) is 11.5. The van der Waals surface area contributed by atoms with Crippen LogP contribution in [0.25, 0.3) is 0 Å². The number of aliphatic carboxylic acids is 1. The molecule has 0 aromatic heterocycles. The third-order valence-electron chi connectivity index (χ3n) is 2.26. The maximum Gasteiger partial charge on any atom is 0.330 e. The predicted molar refractivity (Wildman–Crippen MR) is 61.3 cm³/mol. The van der Waals surface area contributed by atoms with Crippen molar-refractivity contribution in [3.05, 3.63) is 35.4 Å². The molecule has 1 amide bonds. The number of nitrogens with one attached hydrogen (secondary N) is 1. The van der Waals surface area contributed by atoms with E-state index in [-0.39, 0.29) is 5.91 Å². The number of amides is 1. The summed E-state index contributed by atoms with van der Waals surface area (Å²) >= 11 is 0. The first-order valence-corrected chi connectivity index (χ1v) is 5.13. The molecule has 0 heterocycles. The van der Waals surface area contributed by atoms with Gasteiger partial charge in [-0.1, -0.05) is 24.3 Å². The number of rotatable bonds is 5. The van der Waals surface area contributed by atoms with Gasteiger partial charge in [-0.2, -0.15) is 0 Å². The molecule has 0 radical (unpaired) electrons. The first-order chi connectivity index (χ1) is 8.06. The fourth-order valence-electron chi connectivity index (χ4n) is 1.58. The molecule has 1 aromatic carbocycles. The maximum atomic E-state index is 11.1. The summed E-state index contributed by atoms with van der Waals surface area (Å²) in [5.74, 6) is -1.48. The van der Waals surface area contributed by atoms with Crippen LogP contribution in [-0.4, -0.2) is 24.1 Å². The largest absolute Gasteiger partial charge is 0.479 e. The molecule has 1 atom stereocenters. The van der Waals surface area contributed by atoms with Gasteiger partial charge in [0.1, 0.15) is 0 Å². The van der Waals surface area contributed by atoms with Gasteiger partial charge in [-0.05, 0) is 11.1 Å². The minimum Gasteiger partial charge on any atom is -0.479 e. The van der Waals surface area contributed by atoms with Crippen molar-refractivity contribution in [2.75, 3.05) is 7.11 Å². The third kappa shape index (κ3) is 3.57. The van der Waals surface area contributed by atoms with E-state index in [4.69, 9.17) is 9.84 Å². The van der Waals surface area contributed by atoms with Crippen molar-refractivity contribution in [3.8, 4) is 0 Å². The van der Waals surface area contributed by atoms with Crippen LogP contribution in [0.4, 0.5) is 0 Å². The lowest BCUT2D eigenvalue weighted by Crippen LogP contribution is -2.32. The molecule has 0 spiro atoms. The van der Waals surface area contributed by atoms with Gasteiger partial charge in [-0.3, -0.25) is 4.79 Å². The normalized spacial score (nSPS) is 11.9. The lowest BCUT2D eigenvalue weighted by atomic mass is 10.0. The van der Waals surface area contributed by atoms with Crippen LogP contribution in [0, 0.1) is 0 Å². The Balaban J connectivity index is 3.08. The highest BCUT2D eigenvalue weighted by atomic mass is 16.5. The molecular formula is C12H15NO4. The Morgan fingerprint density at radius 2 is 2.06 bits per heavy atom. The first-order valence-electron chi connectivity index (χ1n) is 5.13. The summed E-state index contributed by atoms with van der Waals surface area (Å²) < 4.78 is 5.00. The molecule has 0 aliphatic heterocycles. The molecule has 1 unspecified atom stereocenters. The van der Waals surface area contributed by atoms with Crippen molar-refractivity contribution in [2.24, 2.45) is 0 Å². The minimum atomic E-state index is -1.09. The zero-order chi connectivity index (χ0) is 12.8. The summed E-state index contributed by atoms with van der Waals surface area (Å²) in [5.41, 5.74) is 1.29. The molecule has 0 bridgehead atoms. The lowest BCUT2D eigenvalue weighted by Gasteiger charge is -2.17. The number of carboxylic acids is 1. The van der Waals surface area contributed by atoms with Gasteiger partial charge in [0, 0.05) is 14.0 Å². The fraction of sp³-hybridized carbons (Fsp3) is 0.333. The molecule has 5 heteroatoms. The Morgan fingerprint density at radius 1 is 1.41 bits per heavy atom. The topological polar surface area (TPSA) is 75.6 Å². The molecule has 0 saturated heterocycles. The molecule has 2 N–H and O–H groups in total. The molecule has 1 rings (SSSR count). The van der Waals surface area contributed by atoms with Gasteiger partial charge < -0.3 is 15.2 Å². The monoisotopic (exact) mass is 237 g/mol. The Hall–Kier alpha value is -1.88. The van der Waals surface area contributed by atoms with E-state index in [0.29, 0.717) is 12.2 Å². The van der Waals surface area contributed by atoms with Crippen LogP contribution in [0.5, 0.6) is 0 Å². The molecule has 0 aliphatic rings. The maximum absolute atomic E-state index is 11.1. The Labute approximate surface area is 99.4 Å². The van der Waals surface area contributed by atoms with Crippen LogP contribution in [0.3, 0.4) is 0 Å². The molecule has 17 heavy (non-hydrogen) atoms. The van der Waals surface area contributed by atoms with E-state index in [1.165, 1.54) is 14.0 Å². The number of ether oxygens (including phenoxy) is 1. The average Bonchev–Trinajstić information content (AvgIpc) is 2.27. The molecular weight excluding hydrogens is 222 g/mol. The van der Waals surface area contributed by atoms with Gasteiger partial charge in [0.05, 0.1) is 6.61 Å². The summed E-state index contributed by atoms with van der Waals surface area (Å²) in [4.78, 5) is 22.1. The third-order valence-corrected chi connectivity index (χ3v) is 2.26. The zero-order valence-corrected chi connectivity index (χ0v) is 9.77. The lowest BCUT2D eigenvalue weighted by molar-refractivity contribution is -0.141. The second-order valence-electron chi connectivity index (χ2n) is 3.60. The van der Waals surface area contributed by atoms with Crippen molar-refractivity contribution in [3.63, 3.8) is 0 Å². The number of carbonyl (C=O) groups excluding carboxylic acids is 1. The quantitative estimate of drug-likeness (QED) is 0.804. The Morgan fingerprint density at radius 3 is 2.59 bits per heavy atom. The molecule has 92 valence electrons. The Kier molecular flexibility index (Phi) is 4.66. The van der Waals surface area contributed by atoms with Gasteiger partial charge in [0.2, 0.25) is 5.91 Å². The number of hydrogen-bond acceptors (Lipinski definition) is 3. The number of benzene rings is 1. The predicted octanol–water partition coefficient (Wildman–Crippen LogP) is 1.09. The summed E-state index contributed by atoms with van der Waals surface area (Å²) in [6.45, 7) is 1.59. The first kappa shape index (κ1) is 13.2. The van der Waals surface area contributed by atoms with Crippen LogP contribution in [-0.2, 0) is 20.9 Å². The summed E-state index contributed by atoms with van der Waals surface area (Å²) in [6.07, 6.45) is 0. The number of carboxylic acid groups (broad SMARTS) is 1. The number of hydrogen-bond donors (Lipinski definition) is 2. The zero-order valence-electron chi connectivity index (χ0n) is 9.77. The van der Waals surface area contributed by atoms with E-state index in [9.17, 15) is 9.59 Å². The number of carbonyl (C=O) groups is 2. The van der Waals surface area contributed by atoms with Crippen molar-refractivity contribution < 1.29 is 19.4 Å². The van der Waals surface area contributed by atoms with E-state index in [2.05, 4.69) is 5.32 Å². The van der Waals surface area contributed by atoms with Gasteiger partial charge in [0.25, 0.3) is 0 Å². The van der Waals surface area contributed by atoms with Crippen LogP contribution in [0.1, 0.15) is 24.1 Å². The van der Waals surface area contributed by atoms with Crippen molar-refractivity contribution in [1.82, 2.24) is 5.32 Å². The van der Waals surface area contributed by atoms with Crippen LogP contribution >= 0.6 is 0 Å². The van der Waals surface area contributed by atoms with Gasteiger partial charge >= 0.3 is 5.97 Å².